The van der Waals surface area contributed by atoms with Crippen LogP contribution >= 0.6 is 15.9 Å². The van der Waals surface area contributed by atoms with E-state index in [1.54, 1.807) is 0 Å². The van der Waals surface area contributed by atoms with E-state index >= 15 is 0 Å². The first-order valence-electron chi connectivity index (χ1n) is 4.97. The second-order valence-electron chi connectivity index (χ2n) is 4.24. The van der Waals surface area contributed by atoms with Crippen molar-refractivity contribution in [2.24, 2.45) is 0 Å². The minimum atomic E-state index is 0.254. The van der Waals surface area contributed by atoms with E-state index in [4.69, 9.17) is 0 Å². The standard InChI is InChI=1S/C12H18BrN/c1-12(2,8-9-14-3)10-4-6-11(13)7-5-10/h4-7,14H,8-9H2,1-3H3. The molecule has 0 aliphatic carbocycles. The number of benzene rings is 1. The third-order valence-electron chi connectivity index (χ3n) is 2.63. The molecule has 1 aromatic rings. The first-order valence-corrected chi connectivity index (χ1v) is 5.76. The van der Waals surface area contributed by atoms with Gasteiger partial charge >= 0.3 is 0 Å². The van der Waals surface area contributed by atoms with E-state index in [2.05, 4.69) is 59.4 Å². The quantitative estimate of drug-likeness (QED) is 0.871. The van der Waals surface area contributed by atoms with Crippen LogP contribution in [0.3, 0.4) is 0 Å². The molecule has 0 unspecified atom stereocenters. The molecule has 0 spiro atoms. The number of nitrogens with one attached hydrogen (secondary N) is 1. The smallest absolute Gasteiger partial charge is 0.0175 e. The van der Waals surface area contributed by atoms with Crippen molar-refractivity contribution in [3.8, 4) is 0 Å². The van der Waals surface area contributed by atoms with Crippen LogP contribution < -0.4 is 5.32 Å². The van der Waals surface area contributed by atoms with E-state index in [0.717, 1.165) is 17.4 Å². The Morgan fingerprint density at radius 3 is 2.29 bits per heavy atom. The molecule has 0 aromatic heterocycles. The van der Waals surface area contributed by atoms with Gasteiger partial charge in [0, 0.05) is 4.47 Å². The van der Waals surface area contributed by atoms with Gasteiger partial charge in [-0.2, -0.15) is 0 Å². The molecule has 1 rings (SSSR count). The van der Waals surface area contributed by atoms with Crippen molar-refractivity contribution < 1.29 is 0 Å². The summed E-state index contributed by atoms with van der Waals surface area (Å²) < 4.78 is 1.14. The number of halogens is 1. The van der Waals surface area contributed by atoms with Gasteiger partial charge in [-0.05, 0) is 43.1 Å². The van der Waals surface area contributed by atoms with Gasteiger partial charge in [-0.25, -0.2) is 0 Å². The van der Waals surface area contributed by atoms with E-state index < -0.39 is 0 Å². The molecule has 14 heavy (non-hydrogen) atoms. The summed E-state index contributed by atoms with van der Waals surface area (Å²) in [6.07, 6.45) is 1.16. The topological polar surface area (TPSA) is 12.0 Å². The van der Waals surface area contributed by atoms with Gasteiger partial charge in [0.2, 0.25) is 0 Å². The summed E-state index contributed by atoms with van der Waals surface area (Å²) in [5.74, 6) is 0. The van der Waals surface area contributed by atoms with Gasteiger partial charge in [0.1, 0.15) is 0 Å². The molecule has 2 heteroatoms. The van der Waals surface area contributed by atoms with Crippen molar-refractivity contribution in [2.75, 3.05) is 13.6 Å². The summed E-state index contributed by atoms with van der Waals surface area (Å²) in [6, 6.07) is 8.60. The molecule has 0 amide bonds. The summed E-state index contributed by atoms with van der Waals surface area (Å²) in [5, 5.41) is 3.20. The fraction of sp³-hybridized carbons (Fsp3) is 0.500. The Morgan fingerprint density at radius 1 is 1.21 bits per heavy atom. The maximum Gasteiger partial charge on any atom is 0.0175 e. The minimum absolute atomic E-state index is 0.254. The maximum atomic E-state index is 3.45. The van der Waals surface area contributed by atoms with Crippen molar-refractivity contribution in [1.82, 2.24) is 5.32 Å². The maximum absolute atomic E-state index is 3.45. The molecular formula is C12H18BrN. The molecule has 0 bridgehead atoms. The Kier molecular flexibility index (Phi) is 4.14. The van der Waals surface area contributed by atoms with Gasteiger partial charge in [-0.15, -0.1) is 0 Å². The predicted molar refractivity (Wildman–Crippen MR) is 65.7 cm³/mol. The van der Waals surface area contributed by atoms with Crippen molar-refractivity contribution in [3.05, 3.63) is 34.3 Å². The minimum Gasteiger partial charge on any atom is -0.320 e. The zero-order valence-electron chi connectivity index (χ0n) is 9.10. The Bertz CT molecular complexity index is 277. The van der Waals surface area contributed by atoms with E-state index in [-0.39, 0.29) is 5.41 Å². The summed E-state index contributed by atoms with van der Waals surface area (Å²) in [6.45, 7) is 5.63. The van der Waals surface area contributed by atoms with Crippen LogP contribution in [0.15, 0.2) is 28.7 Å². The second-order valence-corrected chi connectivity index (χ2v) is 5.16. The Labute approximate surface area is 95.0 Å². The summed E-state index contributed by atoms with van der Waals surface area (Å²) in [4.78, 5) is 0. The average Bonchev–Trinajstić information content (AvgIpc) is 2.16. The van der Waals surface area contributed by atoms with E-state index in [1.165, 1.54) is 5.56 Å². The van der Waals surface area contributed by atoms with E-state index in [0.29, 0.717) is 0 Å². The molecule has 1 N–H and O–H groups in total. The molecule has 0 saturated heterocycles. The zero-order valence-corrected chi connectivity index (χ0v) is 10.7. The van der Waals surface area contributed by atoms with Crippen LogP contribution in [0.4, 0.5) is 0 Å². The van der Waals surface area contributed by atoms with Crippen molar-refractivity contribution in [3.63, 3.8) is 0 Å². The summed E-state index contributed by atoms with van der Waals surface area (Å²) in [7, 11) is 2.00. The zero-order chi connectivity index (χ0) is 10.6. The van der Waals surface area contributed by atoms with Gasteiger partial charge in [-0.3, -0.25) is 0 Å². The summed E-state index contributed by atoms with van der Waals surface area (Å²) >= 11 is 3.45. The Hall–Kier alpha value is -0.340. The molecular weight excluding hydrogens is 238 g/mol. The SMILES string of the molecule is CNCCC(C)(C)c1ccc(Br)cc1. The highest BCUT2D eigenvalue weighted by Crippen LogP contribution is 2.27. The molecule has 0 heterocycles. The third-order valence-corrected chi connectivity index (χ3v) is 3.15. The fourth-order valence-electron chi connectivity index (χ4n) is 1.48. The molecule has 0 saturated carbocycles. The second kappa shape index (κ2) is 4.94. The number of hydrogen-bond acceptors (Lipinski definition) is 1. The van der Waals surface area contributed by atoms with Gasteiger partial charge in [0.15, 0.2) is 0 Å². The monoisotopic (exact) mass is 255 g/mol. The molecule has 0 atom stereocenters. The highest BCUT2D eigenvalue weighted by atomic mass is 79.9. The largest absolute Gasteiger partial charge is 0.320 e. The average molecular weight is 256 g/mol. The predicted octanol–water partition coefficient (Wildman–Crippen LogP) is 3.34. The van der Waals surface area contributed by atoms with Crippen LogP contribution in [0.2, 0.25) is 0 Å². The molecule has 0 radical (unpaired) electrons. The molecule has 1 aromatic carbocycles. The van der Waals surface area contributed by atoms with Crippen LogP contribution in [0.1, 0.15) is 25.8 Å². The number of hydrogen-bond donors (Lipinski definition) is 1. The van der Waals surface area contributed by atoms with Crippen molar-refractivity contribution in [1.29, 1.82) is 0 Å². The lowest BCUT2D eigenvalue weighted by Gasteiger charge is -2.25. The van der Waals surface area contributed by atoms with Crippen LogP contribution in [0, 0.1) is 0 Å². The normalized spacial score (nSPS) is 11.7. The van der Waals surface area contributed by atoms with E-state index in [9.17, 15) is 0 Å². The molecule has 1 nitrogen and oxygen atoms in total. The lowest BCUT2D eigenvalue weighted by atomic mass is 9.82. The van der Waals surface area contributed by atoms with Crippen LogP contribution in [-0.4, -0.2) is 13.6 Å². The molecule has 0 fully saturated rings. The van der Waals surface area contributed by atoms with E-state index in [1.807, 2.05) is 7.05 Å². The lowest BCUT2D eigenvalue weighted by molar-refractivity contribution is 0.469. The lowest BCUT2D eigenvalue weighted by Crippen LogP contribution is -2.23. The highest BCUT2D eigenvalue weighted by molar-refractivity contribution is 9.10. The van der Waals surface area contributed by atoms with Gasteiger partial charge in [-0.1, -0.05) is 41.9 Å². The van der Waals surface area contributed by atoms with Gasteiger partial charge in [0.05, 0.1) is 0 Å². The molecule has 0 aliphatic rings. The van der Waals surface area contributed by atoms with Crippen LogP contribution in [0.25, 0.3) is 0 Å². The fourth-order valence-corrected chi connectivity index (χ4v) is 1.75. The van der Waals surface area contributed by atoms with Gasteiger partial charge in [0.25, 0.3) is 0 Å². The number of rotatable bonds is 4. The van der Waals surface area contributed by atoms with Crippen molar-refractivity contribution >= 4 is 15.9 Å². The molecule has 0 aliphatic heterocycles. The Balaban J connectivity index is 2.75. The van der Waals surface area contributed by atoms with Crippen LogP contribution in [-0.2, 0) is 5.41 Å². The first-order chi connectivity index (χ1) is 6.56. The first kappa shape index (κ1) is 11.7. The van der Waals surface area contributed by atoms with Crippen LogP contribution in [0.5, 0.6) is 0 Å². The molecule has 78 valence electrons. The van der Waals surface area contributed by atoms with Gasteiger partial charge < -0.3 is 5.32 Å². The summed E-state index contributed by atoms with van der Waals surface area (Å²) in [5.41, 5.74) is 1.65. The third kappa shape index (κ3) is 3.10. The Morgan fingerprint density at radius 2 is 1.79 bits per heavy atom. The highest BCUT2D eigenvalue weighted by Gasteiger charge is 2.19. The van der Waals surface area contributed by atoms with Crippen molar-refractivity contribution in [2.45, 2.75) is 25.7 Å².